The zero-order chi connectivity index (χ0) is 23.4. The number of nitrogens with zero attached hydrogens (tertiary/aromatic N) is 1. The smallest absolute Gasteiger partial charge is 0.288 e. The van der Waals surface area contributed by atoms with Gasteiger partial charge in [-0.05, 0) is 49.1 Å². The average Bonchev–Trinajstić information content (AvgIpc) is 2.76. The summed E-state index contributed by atoms with van der Waals surface area (Å²) in [6, 6.07) is 16.1. The summed E-state index contributed by atoms with van der Waals surface area (Å²) in [5.74, 6) is 0.320. The third-order valence-electron chi connectivity index (χ3n) is 5.25. The summed E-state index contributed by atoms with van der Waals surface area (Å²) in [6.45, 7) is 8.25. The molecule has 3 rings (SSSR count). The summed E-state index contributed by atoms with van der Waals surface area (Å²) in [4.78, 5) is 0.346. The van der Waals surface area contributed by atoms with E-state index in [-0.39, 0.29) is 11.4 Å². The molecule has 1 aromatic heterocycles. The van der Waals surface area contributed by atoms with Crippen LogP contribution in [0.5, 0.6) is 0 Å². The van der Waals surface area contributed by atoms with Gasteiger partial charge in [-0.2, -0.15) is 9.79 Å². The Bertz CT molecular complexity index is 1140. The number of rotatable bonds is 6. The number of thiocarbonyl (C=S) groups is 1. The topological polar surface area (TPSA) is 83.9 Å². The molecule has 0 aliphatic heterocycles. The molecule has 0 aliphatic carbocycles. The van der Waals surface area contributed by atoms with E-state index in [0.717, 1.165) is 16.8 Å². The van der Waals surface area contributed by atoms with E-state index in [0.29, 0.717) is 22.2 Å². The second-order valence-electron chi connectivity index (χ2n) is 8.05. The lowest BCUT2D eigenvalue weighted by Gasteiger charge is -2.14. The van der Waals surface area contributed by atoms with Gasteiger partial charge in [0.1, 0.15) is 0 Å². The molecule has 4 N–H and O–H groups in total. The van der Waals surface area contributed by atoms with Gasteiger partial charge in [0, 0.05) is 35.5 Å². The van der Waals surface area contributed by atoms with E-state index in [1.165, 1.54) is 17.7 Å². The normalized spacial score (nSPS) is 13.0. The molecule has 0 saturated carbocycles. The quantitative estimate of drug-likeness (QED) is 0.147. The number of hydrogen-bond acceptors (Lipinski definition) is 4. The van der Waals surface area contributed by atoms with E-state index in [9.17, 15) is 10.3 Å². The zero-order valence-electron chi connectivity index (χ0n) is 18.6. The number of quaternary nitrogens is 1. The molecule has 1 heterocycles. The number of aliphatic hydroxyl groups is 1. The molecule has 3 aromatic rings. The highest BCUT2D eigenvalue weighted by atomic mass is 32.1. The van der Waals surface area contributed by atoms with Crippen molar-refractivity contribution in [2.45, 2.75) is 33.6 Å². The lowest BCUT2D eigenvalue weighted by Crippen LogP contribution is -2.99. The summed E-state index contributed by atoms with van der Waals surface area (Å²) in [7, 11) is 0. The lowest BCUT2D eigenvalue weighted by molar-refractivity contribution is -0.991. The van der Waals surface area contributed by atoms with Gasteiger partial charge in [-0.1, -0.05) is 43.8 Å². The van der Waals surface area contributed by atoms with Crippen LogP contribution in [0.25, 0.3) is 11.5 Å². The molecule has 7 heteroatoms. The summed E-state index contributed by atoms with van der Waals surface area (Å²) >= 11 is 5.72. The van der Waals surface area contributed by atoms with Crippen molar-refractivity contribution in [3.63, 3.8) is 0 Å². The Labute approximate surface area is 193 Å². The van der Waals surface area contributed by atoms with Crippen molar-refractivity contribution in [1.29, 1.82) is 0 Å². The maximum absolute atomic E-state index is 11.2. The predicted molar refractivity (Wildman–Crippen MR) is 131 cm³/mol. The molecule has 1 unspecified atom stereocenters. The first-order valence-corrected chi connectivity index (χ1v) is 10.8. The third-order valence-corrected chi connectivity index (χ3v) is 5.55. The van der Waals surface area contributed by atoms with E-state index >= 15 is 0 Å². The molecule has 0 saturated heterocycles. The van der Waals surface area contributed by atoms with Crippen molar-refractivity contribution in [3.8, 4) is 0 Å². The first-order valence-electron chi connectivity index (χ1n) is 10.3. The van der Waals surface area contributed by atoms with Gasteiger partial charge in [0.2, 0.25) is 0 Å². The molecular weight excluding hydrogens is 422 g/mol. The van der Waals surface area contributed by atoms with Crippen LogP contribution in [0, 0.1) is 19.1 Å². The number of hydrogen-bond donors (Lipinski definition) is 4. The Morgan fingerprint density at radius 2 is 1.66 bits per heavy atom. The van der Waals surface area contributed by atoms with Crippen molar-refractivity contribution in [3.05, 3.63) is 94.5 Å². The number of benzene rings is 2. The van der Waals surface area contributed by atoms with Crippen LogP contribution in [0.3, 0.4) is 0 Å². The van der Waals surface area contributed by atoms with Crippen LogP contribution in [0.15, 0.2) is 67.0 Å². The van der Waals surface area contributed by atoms with Crippen molar-refractivity contribution < 1.29 is 20.1 Å². The summed E-state index contributed by atoms with van der Waals surface area (Å²) in [6.07, 6.45) is 3.73. The monoisotopic (exact) mass is 450 g/mol. The van der Waals surface area contributed by atoms with E-state index in [2.05, 4.69) is 25.2 Å². The van der Waals surface area contributed by atoms with E-state index in [1.807, 2.05) is 50.5 Å². The highest BCUT2D eigenvalue weighted by Crippen LogP contribution is 2.22. The van der Waals surface area contributed by atoms with Gasteiger partial charge in [-0.25, -0.2) is 5.21 Å². The first kappa shape index (κ1) is 23.6. The Hall–Kier alpha value is -3.10. The van der Waals surface area contributed by atoms with Crippen LogP contribution in [0.4, 0.5) is 11.4 Å². The molecule has 6 nitrogen and oxygen atoms in total. The standard InChI is InChI=1S/C25H27N3O3S/c1-16(2)19-11-13-27(14-12-19)23(24(29)20-6-8-21(9-7-20)28(30)31)25(32)26-22-10-5-17(3)15-18(22)4/h5-16,28,30H,1-4H3,(H-,26,29,32)/p+1. The fraction of sp³-hybridized carbons (Fsp3) is 0.200. The van der Waals surface area contributed by atoms with E-state index < -0.39 is 5.23 Å². The lowest BCUT2D eigenvalue weighted by atomic mass is 10.1. The van der Waals surface area contributed by atoms with Crippen LogP contribution in [-0.4, -0.2) is 15.3 Å². The molecule has 2 aromatic carbocycles. The number of aliphatic hydroxyl groups excluding tert-OH is 1. The highest BCUT2D eigenvalue weighted by Gasteiger charge is 2.24. The third kappa shape index (κ3) is 5.38. The van der Waals surface area contributed by atoms with Crippen LogP contribution < -0.4 is 15.1 Å². The SMILES string of the molecule is Cc1ccc(NC(=S)/C(=C(\O)c2ccc([NH+]([O-])O)cc2)[n+]2ccc(C(C)C)cc2)c(C)c1. The van der Waals surface area contributed by atoms with Crippen LogP contribution in [0.1, 0.15) is 42.0 Å². The predicted octanol–water partition coefficient (Wildman–Crippen LogP) is 4.44. The Balaban J connectivity index is 2.07. The summed E-state index contributed by atoms with van der Waals surface area (Å²) in [5.41, 5.74) is 5.22. The van der Waals surface area contributed by atoms with Crippen molar-refractivity contribution in [2.24, 2.45) is 0 Å². The molecule has 0 amide bonds. The number of anilines is 1. The second kappa shape index (κ2) is 10.0. The van der Waals surface area contributed by atoms with Gasteiger partial charge in [0.25, 0.3) is 5.70 Å². The molecule has 0 bridgehead atoms. The fourth-order valence-corrected chi connectivity index (χ4v) is 3.67. The van der Waals surface area contributed by atoms with Gasteiger partial charge in [0.15, 0.2) is 28.8 Å². The van der Waals surface area contributed by atoms with Crippen LogP contribution >= 0.6 is 12.2 Å². The van der Waals surface area contributed by atoms with Gasteiger partial charge in [0.05, 0.1) is 0 Å². The molecular formula is C25H28N3O3S+. The number of aryl methyl sites for hydroxylation is 2. The largest absolute Gasteiger partial charge is 0.595 e. The van der Waals surface area contributed by atoms with Crippen molar-refractivity contribution in [1.82, 2.24) is 0 Å². The zero-order valence-corrected chi connectivity index (χ0v) is 19.4. The van der Waals surface area contributed by atoms with Gasteiger partial charge >= 0.3 is 0 Å². The van der Waals surface area contributed by atoms with Crippen LogP contribution in [-0.2, 0) is 0 Å². The fourth-order valence-electron chi connectivity index (χ4n) is 3.36. The summed E-state index contributed by atoms with van der Waals surface area (Å²) in [5, 5.41) is 33.8. The minimum absolute atomic E-state index is 0.0495. The van der Waals surface area contributed by atoms with Gasteiger partial charge < -0.3 is 15.6 Å². The van der Waals surface area contributed by atoms with Crippen molar-refractivity contribution in [2.75, 3.05) is 5.32 Å². The summed E-state index contributed by atoms with van der Waals surface area (Å²) < 4.78 is 1.77. The molecule has 32 heavy (non-hydrogen) atoms. The molecule has 166 valence electrons. The second-order valence-corrected chi connectivity index (χ2v) is 8.45. The van der Waals surface area contributed by atoms with Crippen molar-refractivity contribution >= 4 is 40.0 Å². The maximum atomic E-state index is 11.2. The Morgan fingerprint density at radius 3 is 2.19 bits per heavy atom. The highest BCUT2D eigenvalue weighted by molar-refractivity contribution is 7.81. The first-order chi connectivity index (χ1) is 15.2. The molecule has 1 atom stereocenters. The average molecular weight is 451 g/mol. The maximum Gasteiger partial charge on any atom is 0.288 e. The van der Waals surface area contributed by atoms with Crippen LogP contribution in [0.2, 0.25) is 0 Å². The Kier molecular flexibility index (Phi) is 7.37. The van der Waals surface area contributed by atoms with E-state index in [1.54, 1.807) is 16.7 Å². The molecule has 0 fully saturated rings. The number of nitrogens with one attached hydrogen (secondary N) is 2. The number of aromatic nitrogens is 1. The van der Waals surface area contributed by atoms with E-state index in [4.69, 9.17) is 17.4 Å². The number of pyridine rings is 1. The van der Waals surface area contributed by atoms with Gasteiger partial charge in [-0.3, -0.25) is 0 Å². The molecule has 0 radical (unpaired) electrons. The Morgan fingerprint density at radius 1 is 1.03 bits per heavy atom. The minimum Gasteiger partial charge on any atom is -0.595 e. The van der Waals surface area contributed by atoms with Gasteiger partial charge in [-0.15, -0.1) is 0 Å². The molecule has 0 aliphatic rings. The molecule has 0 spiro atoms. The minimum atomic E-state index is -1.02.